The molecule has 0 aromatic heterocycles. The predicted molar refractivity (Wildman–Crippen MR) is 73.5 cm³/mol. The molecule has 1 aliphatic heterocycles. The van der Waals surface area contributed by atoms with Crippen LogP contribution in [0, 0.1) is 11.3 Å². The van der Waals surface area contributed by atoms with Gasteiger partial charge < -0.3 is 15.2 Å². The van der Waals surface area contributed by atoms with Gasteiger partial charge in [-0.05, 0) is 49.9 Å². The van der Waals surface area contributed by atoms with Gasteiger partial charge in [-0.15, -0.1) is 0 Å². The molecule has 0 unspecified atom stereocenters. The van der Waals surface area contributed by atoms with Gasteiger partial charge in [0.15, 0.2) is 0 Å². The number of hydrogen-bond acceptors (Lipinski definition) is 3. The van der Waals surface area contributed by atoms with E-state index < -0.39 is 0 Å². The van der Waals surface area contributed by atoms with Crippen molar-refractivity contribution < 1.29 is 9.47 Å². The predicted octanol–water partition coefficient (Wildman–Crippen LogP) is 2.73. The van der Waals surface area contributed by atoms with Crippen LogP contribution in [0.25, 0.3) is 0 Å². The molecule has 1 saturated heterocycles. The molecule has 2 fully saturated rings. The number of rotatable bonds is 4. The lowest BCUT2D eigenvalue weighted by atomic mass is 9.71. The Bertz CT molecular complexity index is 249. The van der Waals surface area contributed by atoms with Crippen LogP contribution in [0.5, 0.6) is 0 Å². The zero-order valence-corrected chi connectivity index (χ0v) is 12.0. The van der Waals surface area contributed by atoms with Crippen LogP contribution in [-0.2, 0) is 9.47 Å². The van der Waals surface area contributed by atoms with Crippen LogP contribution in [0.2, 0.25) is 0 Å². The van der Waals surface area contributed by atoms with E-state index >= 15 is 0 Å². The maximum absolute atomic E-state index is 6.27. The van der Waals surface area contributed by atoms with E-state index in [1.165, 1.54) is 12.8 Å². The maximum atomic E-state index is 6.27. The standard InChI is InChI=1S/C15H29NO2/c1-14(2)5-7-15(12-16,8-6-14)18-11-13-3-9-17-10-4-13/h13H,3-12,16H2,1-2H3. The van der Waals surface area contributed by atoms with Gasteiger partial charge in [-0.1, -0.05) is 13.8 Å². The SMILES string of the molecule is CC1(C)CCC(CN)(OCC2CCOCC2)CC1. The van der Waals surface area contributed by atoms with Gasteiger partial charge >= 0.3 is 0 Å². The van der Waals surface area contributed by atoms with Gasteiger partial charge in [-0.3, -0.25) is 0 Å². The van der Waals surface area contributed by atoms with E-state index in [0.717, 1.165) is 45.5 Å². The Hall–Kier alpha value is -0.120. The minimum absolute atomic E-state index is 0.0339. The molecule has 0 atom stereocenters. The lowest BCUT2D eigenvalue weighted by molar-refractivity contribution is -0.102. The van der Waals surface area contributed by atoms with Crippen molar-refractivity contribution in [1.82, 2.24) is 0 Å². The first-order valence-corrected chi connectivity index (χ1v) is 7.47. The Balaban J connectivity index is 1.81. The first kappa shape index (κ1) is 14.3. The van der Waals surface area contributed by atoms with Crippen LogP contribution in [-0.4, -0.2) is 32.0 Å². The Morgan fingerprint density at radius 1 is 1.11 bits per heavy atom. The van der Waals surface area contributed by atoms with E-state index in [0.29, 0.717) is 17.9 Å². The number of nitrogens with two attached hydrogens (primary N) is 1. The van der Waals surface area contributed by atoms with Crippen molar-refractivity contribution in [3.05, 3.63) is 0 Å². The Morgan fingerprint density at radius 2 is 1.72 bits per heavy atom. The molecule has 0 aromatic rings. The summed E-state index contributed by atoms with van der Waals surface area (Å²) in [5.74, 6) is 0.678. The fraction of sp³-hybridized carbons (Fsp3) is 1.00. The highest BCUT2D eigenvalue weighted by Crippen LogP contribution is 2.41. The first-order valence-electron chi connectivity index (χ1n) is 7.47. The molecule has 0 amide bonds. The zero-order valence-electron chi connectivity index (χ0n) is 12.0. The summed E-state index contributed by atoms with van der Waals surface area (Å²) in [4.78, 5) is 0. The minimum Gasteiger partial charge on any atom is -0.381 e. The molecule has 1 aliphatic carbocycles. The summed E-state index contributed by atoms with van der Waals surface area (Å²) in [6.07, 6.45) is 7.01. The highest BCUT2D eigenvalue weighted by atomic mass is 16.5. The molecule has 2 aliphatic rings. The second kappa shape index (κ2) is 5.89. The minimum atomic E-state index is -0.0339. The van der Waals surface area contributed by atoms with E-state index in [-0.39, 0.29) is 5.60 Å². The van der Waals surface area contributed by atoms with E-state index in [4.69, 9.17) is 15.2 Å². The number of hydrogen-bond donors (Lipinski definition) is 1. The molecular weight excluding hydrogens is 226 g/mol. The molecule has 1 heterocycles. The van der Waals surface area contributed by atoms with Crippen LogP contribution in [0.15, 0.2) is 0 Å². The average molecular weight is 255 g/mol. The smallest absolute Gasteiger partial charge is 0.0804 e. The third-order valence-electron chi connectivity index (χ3n) is 4.85. The molecule has 2 rings (SSSR count). The third-order valence-corrected chi connectivity index (χ3v) is 4.85. The van der Waals surface area contributed by atoms with E-state index in [2.05, 4.69) is 13.8 Å². The number of ether oxygens (including phenoxy) is 2. The van der Waals surface area contributed by atoms with Gasteiger partial charge in [0.1, 0.15) is 0 Å². The summed E-state index contributed by atoms with van der Waals surface area (Å²) in [7, 11) is 0. The Morgan fingerprint density at radius 3 is 2.28 bits per heavy atom. The Labute approximate surface area is 111 Å². The van der Waals surface area contributed by atoms with E-state index in [1.54, 1.807) is 0 Å². The molecule has 0 bridgehead atoms. The van der Waals surface area contributed by atoms with E-state index in [9.17, 15) is 0 Å². The highest BCUT2D eigenvalue weighted by Gasteiger charge is 2.38. The quantitative estimate of drug-likeness (QED) is 0.840. The van der Waals surface area contributed by atoms with Gasteiger partial charge in [0, 0.05) is 19.8 Å². The zero-order chi connectivity index (χ0) is 13.1. The lowest BCUT2D eigenvalue weighted by Crippen LogP contribution is -2.46. The molecule has 1 saturated carbocycles. The van der Waals surface area contributed by atoms with E-state index in [1.807, 2.05) is 0 Å². The van der Waals surface area contributed by atoms with Crippen molar-refractivity contribution in [2.75, 3.05) is 26.4 Å². The van der Waals surface area contributed by atoms with Gasteiger partial charge in [0.2, 0.25) is 0 Å². The molecule has 2 N–H and O–H groups in total. The summed E-state index contributed by atoms with van der Waals surface area (Å²) in [5.41, 5.74) is 6.43. The van der Waals surface area contributed by atoms with Gasteiger partial charge in [0.05, 0.1) is 12.2 Å². The average Bonchev–Trinajstić information content (AvgIpc) is 2.40. The van der Waals surface area contributed by atoms with Crippen molar-refractivity contribution in [2.45, 2.75) is 58.0 Å². The van der Waals surface area contributed by atoms with Crippen LogP contribution in [0.1, 0.15) is 52.4 Å². The topological polar surface area (TPSA) is 44.5 Å². The summed E-state index contributed by atoms with van der Waals surface area (Å²) < 4.78 is 11.7. The van der Waals surface area contributed by atoms with Gasteiger partial charge in [-0.2, -0.15) is 0 Å². The summed E-state index contributed by atoms with van der Waals surface area (Å²) >= 11 is 0. The molecule has 0 radical (unpaired) electrons. The highest BCUT2D eigenvalue weighted by molar-refractivity contribution is 4.91. The van der Waals surface area contributed by atoms with Crippen molar-refractivity contribution in [2.24, 2.45) is 17.1 Å². The van der Waals surface area contributed by atoms with Crippen LogP contribution in [0.4, 0.5) is 0 Å². The molecule has 18 heavy (non-hydrogen) atoms. The molecular formula is C15H29NO2. The first-order chi connectivity index (χ1) is 8.55. The van der Waals surface area contributed by atoms with Crippen molar-refractivity contribution in [3.63, 3.8) is 0 Å². The van der Waals surface area contributed by atoms with Gasteiger partial charge in [0.25, 0.3) is 0 Å². The normalized spacial score (nSPS) is 28.2. The molecule has 3 heteroatoms. The lowest BCUT2D eigenvalue weighted by Gasteiger charge is -2.43. The van der Waals surface area contributed by atoms with Crippen LogP contribution < -0.4 is 5.73 Å². The van der Waals surface area contributed by atoms with Crippen LogP contribution in [0.3, 0.4) is 0 Å². The summed E-state index contributed by atoms with van der Waals surface area (Å²) in [6, 6.07) is 0. The maximum Gasteiger partial charge on any atom is 0.0804 e. The third kappa shape index (κ3) is 3.69. The van der Waals surface area contributed by atoms with Gasteiger partial charge in [-0.25, -0.2) is 0 Å². The van der Waals surface area contributed by atoms with Crippen molar-refractivity contribution in [1.29, 1.82) is 0 Å². The fourth-order valence-corrected chi connectivity index (χ4v) is 3.00. The molecule has 0 aromatic carbocycles. The summed E-state index contributed by atoms with van der Waals surface area (Å²) in [6.45, 7) is 8.05. The molecule has 0 spiro atoms. The Kier molecular flexibility index (Phi) is 4.68. The summed E-state index contributed by atoms with van der Waals surface area (Å²) in [5, 5.41) is 0. The molecule has 3 nitrogen and oxygen atoms in total. The second-order valence-electron chi connectivity index (χ2n) is 6.92. The largest absolute Gasteiger partial charge is 0.381 e. The van der Waals surface area contributed by atoms with Crippen molar-refractivity contribution >= 4 is 0 Å². The fourth-order valence-electron chi connectivity index (χ4n) is 3.00. The molecule has 106 valence electrons. The monoisotopic (exact) mass is 255 g/mol. The second-order valence-corrected chi connectivity index (χ2v) is 6.92. The van der Waals surface area contributed by atoms with Crippen LogP contribution >= 0.6 is 0 Å². The van der Waals surface area contributed by atoms with Crippen molar-refractivity contribution in [3.8, 4) is 0 Å².